The van der Waals surface area contributed by atoms with Crippen LogP contribution in [0.5, 0.6) is 0 Å². The van der Waals surface area contributed by atoms with E-state index in [1.165, 1.54) is 11.0 Å². The highest BCUT2D eigenvalue weighted by Crippen LogP contribution is 2.80. The fourth-order valence-electron chi connectivity index (χ4n) is 23.4. The molecule has 0 saturated carbocycles. The van der Waals surface area contributed by atoms with E-state index in [1.807, 2.05) is 0 Å². The third kappa shape index (κ3) is 1.66. The van der Waals surface area contributed by atoms with E-state index in [-0.39, 0.29) is 0 Å². The van der Waals surface area contributed by atoms with Gasteiger partial charge < -0.3 is 18.8 Å². The fourth-order valence-corrected chi connectivity index (χ4v) is 23.4. The third-order valence-corrected chi connectivity index (χ3v) is 24.0. The molecule has 31 aromatic rings. The lowest BCUT2D eigenvalue weighted by atomic mass is 9.84. The van der Waals surface area contributed by atoms with Crippen molar-refractivity contribution >= 4 is 323 Å². The molecule has 4 nitrogen and oxygen atoms in total. The van der Waals surface area contributed by atoms with E-state index in [2.05, 4.69) is 4.57 Å². The first-order valence-corrected chi connectivity index (χ1v) is 26.4. The highest BCUT2D eigenvalue weighted by atomic mass is 16.5. The van der Waals surface area contributed by atoms with Gasteiger partial charge in [0.25, 0.3) is 0 Å². The smallest absolute Gasteiger partial charge is 0.0701 e. The van der Waals surface area contributed by atoms with Crippen LogP contribution in [0.3, 0.4) is 0 Å². The monoisotopic (exact) mass is 881 g/mol. The van der Waals surface area contributed by atoms with E-state index in [0.29, 0.717) is 33.0 Å². The minimum Gasteiger partial charge on any atom is -0.382 e. The summed E-state index contributed by atoms with van der Waals surface area (Å²) in [4.78, 5) is 0. The van der Waals surface area contributed by atoms with Crippen molar-refractivity contribution < 1.29 is 14.2 Å². The Bertz CT molecular complexity index is 6900. The molecule has 0 aliphatic carbocycles. The summed E-state index contributed by atoms with van der Waals surface area (Å²) in [7, 11) is 1.74. The molecular formula is C67H15NO3. The van der Waals surface area contributed by atoms with Crippen molar-refractivity contribution in [3.63, 3.8) is 0 Å². The average Bonchev–Trinajstić information content (AvgIpc) is 4.38. The summed E-state index contributed by atoms with van der Waals surface area (Å²) < 4.78 is 20.9. The van der Waals surface area contributed by atoms with Gasteiger partial charge in [0.2, 0.25) is 0 Å². The molecule has 31 rings (SSSR count). The van der Waals surface area contributed by atoms with Gasteiger partial charge in [0.05, 0.1) is 44.1 Å². The first-order valence-electron chi connectivity index (χ1n) is 26.4. The van der Waals surface area contributed by atoms with Crippen LogP contribution in [0.25, 0.3) is 323 Å². The fraction of sp³-hybridized carbons (Fsp3) is 0.104. The van der Waals surface area contributed by atoms with Crippen LogP contribution in [0, 0.1) is 0 Å². The van der Waals surface area contributed by atoms with Crippen LogP contribution in [-0.4, -0.2) is 44.7 Å². The van der Waals surface area contributed by atoms with Crippen LogP contribution in [-0.2, 0) is 20.8 Å². The van der Waals surface area contributed by atoms with Crippen LogP contribution in [0.1, 0.15) is 0 Å². The number of hydrogen-bond acceptors (Lipinski definition) is 3. The van der Waals surface area contributed by atoms with Crippen molar-refractivity contribution in [2.45, 2.75) is 6.54 Å². The Balaban J connectivity index is 1.09. The summed E-state index contributed by atoms with van der Waals surface area (Å²) in [5.41, 5.74) is 3.01. The quantitative estimate of drug-likeness (QED) is 0.0822. The molecule has 0 spiro atoms. The van der Waals surface area contributed by atoms with E-state index in [9.17, 15) is 0 Å². The summed E-state index contributed by atoms with van der Waals surface area (Å²) in [6.45, 7) is 3.82. The van der Waals surface area contributed by atoms with Crippen molar-refractivity contribution in [1.82, 2.24) is 4.57 Å². The Morgan fingerprint density at radius 2 is 0.324 bits per heavy atom. The molecule has 0 saturated heterocycles. The summed E-state index contributed by atoms with van der Waals surface area (Å²) in [5, 5.41) is 94.0. The Kier molecular flexibility index (Phi) is 2.67. The molecule has 0 bridgehead atoms. The molecule has 30 aromatic carbocycles. The van der Waals surface area contributed by atoms with Crippen LogP contribution < -0.4 is 0 Å². The lowest BCUT2D eigenvalue weighted by Gasteiger charge is -2.24. The first-order chi connectivity index (χ1) is 35.4. The van der Waals surface area contributed by atoms with Gasteiger partial charge in [0.15, 0.2) is 0 Å². The normalized spacial score (nSPS) is 17.0. The maximum atomic E-state index is 6.72. The average molecular weight is 882 g/mol. The molecule has 0 atom stereocenters. The second-order valence-corrected chi connectivity index (χ2v) is 24.8. The standard InChI is InChI=1S/C67H15NO3/c1-69-4-5-71-7-6-70-3-2-68-66-62-55-48-36-28-19-10-8-9-11-14(10)23-30(28)38-39-31(23)29-20(11)22-18-13(9)16-15-12(8)17-21(19)34(36)42-40-26(17)24(15)32-33-25(16)27(18)41-43-35(22)37(29)49-51(39)60(59(62)50(38)48)63-56(49)54(43)58-47(41)45(33)52-44(32)46(40)57(53(42)55)64(66)61(52)65(58)67(63)68/h2-7H2,1H3. The number of pyridine rings is 1. The summed E-state index contributed by atoms with van der Waals surface area (Å²) in [6.07, 6.45) is 0. The highest BCUT2D eigenvalue weighted by Gasteiger charge is 2.50. The van der Waals surface area contributed by atoms with E-state index >= 15 is 0 Å². The predicted octanol–water partition coefficient (Wildman–Crippen LogP) is 17.8. The topological polar surface area (TPSA) is 32.6 Å². The van der Waals surface area contributed by atoms with E-state index in [0.717, 1.165) is 6.54 Å². The molecule has 0 aliphatic rings. The van der Waals surface area contributed by atoms with Crippen LogP contribution in [0.4, 0.5) is 0 Å². The molecule has 4 heteroatoms. The Labute approximate surface area is 387 Å². The molecule has 0 amide bonds. The van der Waals surface area contributed by atoms with Crippen molar-refractivity contribution in [2.75, 3.05) is 40.1 Å². The van der Waals surface area contributed by atoms with Crippen molar-refractivity contribution in [2.24, 2.45) is 0 Å². The Hall–Kier alpha value is -8.12. The molecule has 0 radical (unpaired) electrons. The minimum absolute atomic E-state index is 0.582. The molecule has 1 aromatic heterocycles. The molecule has 1 heterocycles. The van der Waals surface area contributed by atoms with Gasteiger partial charge in [-0.15, -0.1) is 0 Å². The van der Waals surface area contributed by atoms with Gasteiger partial charge >= 0.3 is 0 Å². The molecule has 0 N–H and O–H groups in total. The SMILES string of the molecule is COCCOCCOCCn1c2c3c4c5c6c7c8c9c%10c%11c%12c9c9c7c7c%13c9c9c%12c%12c%14c%11c%11c%15c%10c%10c8c6c6c8c%10c%15c%10c%15c%11c%14c%11c%14c%12c9c9c%13c(c3c75)c3c9c%14c5c%11c%15c7c%10c8c(c64)c2c7c5c31. The lowest BCUT2D eigenvalue weighted by Crippen LogP contribution is -2.13. The number of aromatic nitrogens is 1. The van der Waals surface area contributed by atoms with Crippen molar-refractivity contribution in [1.29, 1.82) is 0 Å². The zero-order chi connectivity index (χ0) is 42.6. The number of nitrogens with zero attached hydrogens (tertiary/aromatic N) is 1. The highest BCUT2D eigenvalue weighted by molar-refractivity contribution is 6.84. The summed E-state index contributed by atoms with van der Waals surface area (Å²) >= 11 is 0. The third-order valence-electron chi connectivity index (χ3n) is 24.0. The molecule has 71 heavy (non-hydrogen) atoms. The molecule has 0 fully saturated rings. The van der Waals surface area contributed by atoms with Gasteiger partial charge in [-0.05, 0) is 0 Å². The van der Waals surface area contributed by atoms with Gasteiger partial charge in [-0.1, -0.05) is 0 Å². The predicted molar refractivity (Wildman–Crippen MR) is 301 cm³/mol. The number of ether oxygens (including phenoxy) is 3. The molecule has 0 aliphatic heterocycles. The maximum absolute atomic E-state index is 6.72. The number of methoxy groups -OCH3 is 1. The van der Waals surface area contributed by atoms with Crippen molar-refractivity contribution in [3.8, 4) is 0 Å². The number of rotatable bonds is 9. The Morgan fingerprint density at radius 1 is 0.183 bits per heavy atom. The van der Waals surface area contributed by atoms with Crippen molar-refractivity contribution in [3.05, 3.63) is 0 Å². The summed E-state index contributed by atoms with van der Waals surface area (Å²) in [6, 6.07) is 0. The number of benzene rings is 19. The number of fused-ring (bicyclic) bond motifs is 5. The first kappa shape index (κ1) is 27.9. The zero-order valence-electron chi connectivity index (χ0n) is 36.9. The van der Waals surface area contributed by atoms with Gasteiger partial charge in [-0.3, -0.25) is 0 Å². The second-order valence-electron chi connectivity index (χ2n) is 24.8. The molecular weight excluding hydrogens is 867 g/mol. The Morgan fingerprint density at radius 3 is 0.507 bits per heavy atom. The zero-order valence-corrected chi connectivity index (χ0v) is 36.9. The largest absolute Gasteiger partial charge is 0.382 e. The van der Waals surface area contributed by atoms with E-state index in [4.69, 9.17) is 14.2 Å². The second kappa shape index (κ2) is 6.78. The van der Waals surface area contributed by atoms with E-state index in [1.54, 1.807) is 320 Å². The van der Waals surface area contributed by atoms with Gasteiger partial charge in [-0.2, -0.15) is 0 Å². The molecule has 306 valence electrons. The van der Waals surface area contributed by atoms with Gasteiger partial charge in [0.1, 0.15) is 0 Å². The van der Waals surface area contributed by atoms with E-state index < -0.39 is 0 Å². The maximum Gasteiger partial charge on any atom is 0.0701 e. The minimum atomic E-state index is 0.582. The van der Waals surface area contributed by atoms with Crippen LogP contribution >= 0.6 is 0 Å². The summed E-state index contributed by atoms with van der Waals surface area (Å²) in [5.74, 6) is 0. The molecule has 0 unspecified atom stereocenters. The number of hydrogen-bond donors (Lipinski definition) is 0. The van der Waals surface area contributed by atoms with Gasteiger partial charge in [-0.25, -0.2) is 0 Å². The van der Waals surface area contributed by atoms with Crippen LogP contribution in [0.2, 0.25) is 0 Å². The lowest BCUT2D eigenvalue weighted by molar-refractivity contribution is 0.0234. The van der Waals surface area contributed by atoms with Gasteiger partial charge in [0, 0.05) is 326 Å². The van der Waals surface area contributed by atoms with Crippen LogP contribution in [0.15, 0.2) is 0 Å².